The summed E-state index contributed by atoms with van der Waals surface area (Å²) >= 11 is 6.68. The third-order valence-electron chi connectivity index (χ3n) is 6.96. The minimum Gasteiger partial charge on any atom is -0.383 e. The zero-order valence-electron chi connectivity index (χ0n) is 22.7. The van der Waals surface area contributed by atoms with E-state index in [1.165, 1.54) is 6.20 Å². The van der Waals surface area contributed by atoms with Crippen molar-refractivity contribution in [1.29, 1.82) is 21.0 Å². The van der Waals surface area contributed by atoms with Gasteiger partial charge in [0, 0.05) is 29.4 Å². The van der Waals surface area contributed by atoms with Gasteiger partial charge in [-0.15, -0.1) is 5.10 Å². The first-order chi connectivity index (χ1) is 19.6. The number of nitriles is 4. The second-order valence-corrected chi connectivity index (χ2v) is 11.6. The van der Waals surface area contributed by atoms with Crippen LogP contribution in [0.2, 0.25) is 5.02 Å². The number of aromatic nitrogens is 4. The van der Waals surface area contributed by atoms with Crippen molar-refractivity contribution in [2.75, 3.05) is 17.2 Å². The lowest BCUT2D eigenvalue weighted by Gasteiger charge is -2.23. The summed E-state index contributed by atoms with van der Waals surface area (Å²) in [4.78, 5) is 4.42. The van der Waals surface area contributed by atoms with Gasteiger partial charge in [-0.1, -0.05) is 49.7 Å². The van der Waals surface area contributed by atoms with Crippen molar-refractivity contribution in [2.45, 2.75) is 45.2 Å². The van der Waals surface area contributed by atoms with Crippen molar-refractivity contribution in [1.82, 2.24) is 20.0 Å². The third-order valence-corrected chi connectivity index (χ3v) is 7.38. The first-order valence-electron chi connectivity index (χ1n) is 12.9. The largest absolute Gasteiger partial charge is 0.383 e. The lowest BCUT2D eigenvalue weighted by atomic mass is 9.96. The Morgan fingerprint density at radius 2 is 1.78 bits per heavy atom. The first-order valence-corrected chi connectivity index (χ1v) is 13.3. The van der Waals surface area contributed by atoms with Crippen molar-refractivity contribution < 1.29 is 0 Å². The monoisotopic (exact) mass is 560 g/mol. The van der Waals surface area contributed by atoms with E-state index >= 15 is 0 Å². The van der Waals surface area contributed by atoms with Crippen molar-refractivity contribution in [2.24, 2.45) is 5.41 Å². The molecule has 0 amide bonds. The van der Waals surface area contributed by atoms with Gasteiger partial charge in [-0.05, 0) is 36.5 Å². The van der Waals surface area contributed by atoms with E-state index in [4.69, 9.17) is 11.6 Å². The van der Waals surface area contributed by atoms with Crippen LogP contribution in [0.25, 0.3) is 10.9 Å². The van der Waals surface area contributed by atoms with Gasteiger partial charge in [-0.2, -0.15) is 21.0 Å². The van der Waals surface area contributed by atoms with Crippen LogP contribution in [0, 0.1) is 50.7 Å². The molecule has 2 aromatic carbocycles. The summed E-state index contributed by atoms with van der Waals surface area (Å²) in [7, 11) is 0. The normalized spacial score (nSPS) is 14.2. The number of hydrogen-bond donors (Lipinski definition) is 2. The second-order valence-electron chi connectivity index (χ2n) is 11.2. The Morgan fingerprint density at radius 3 is 2.41 bits per heavy atom. The maximum atomic E-state index is 10.0. The molecular weight excluding hydrogens is 536 g/mol. The molecule has 4 aromatic rings. The van der Waals surface area contributed by atoms with Gasteiger partial charge in [0.25, 0.3) is 0 Å². The van der Waals surface area contributed by atoms with Crippen LogP contribution in [0.4, 0.5) is 11.4 Å². The summed E-state index contributed by atoms with van der Waals surface area (Å²) in [6.07, 6.45) is 4.55. The molecule has 0 radical (unpaired) electrons. The molecule has 0 spiro atoms. The molecule has 0 unspecified atom stereocenters. The van der Waals surface area contributed by atoms with E-state index in [9.17, 15) is 21.0 Å². The van der Waals surface area contributed by atoms with Gasteiger partial charge in [0.15, 0.2) is 5.54 Å². The number of nitrogens with zero attached hydrogens (tertiary/aromatic N) is 8. The molecule has 202 valence electrons. The van der Waals surface area contributed by atoms with Gasteiger partial charge >= 0.3 is 0 Å². The Hall–Kier alpha value is -5.16. The summed E-state index contributed by atoms with van der Waals surface area (Å²) in [5.74, 6) is 0. The van der Waals surface area contributed by atoms with Crippen LogP contribution in [0.3, 0.4) is 0 Å². The highest BCUT2D eigenvalue weighted by molar-refractivity contribution is 6.32. The lowest BCUT2D eigenvalue weighted by Crippen LogP contribution is -2.20. The topological polar surface area (TPSA) is 163 Å². The number of pyridine rings is 1. The summed E-state index contributed by atoms with van der Waals surface area (Å²) < 4.78 is 1.57. The van der Waals surface area contributed by atoms with E-state index < -0.39 is 11.6 Å². The molecule has 1 aliphatic rings. The molecule has 2 aromatic heterocycles. The summed E-state index contributed by atoms with van der Waals surface area (Å²) in [5.41, 5.74) is 2.85. The fourth-order valence-corrected chi connectivity index (χ4v) is 4.84. The number of nitrogens with one attached hydrogen (secondary N) is 2. The molecular formula is C30H25ClN10. The summed E-state index contributed by atoms with van der Waals surface area (Å²) in [6, 6.07) is 16.8. The molecule has 0 bridgehead atoms. The van der Waals surface area contributed by atoms with Crippen LogP contribution in [0.1, 0.15) is 67.6 Å². The smallest absolute Gasteiger partial charge is 0.150 e. The van der Waals surface area contributed by atoms with Crippen LogP contribution in [-0.4, -0.2) is 26.5 Å². The molecule has 5 rings (SSSR count). The fraction of sp³-hybridized carbons (Fsp3) is 0.300. The van der Waals surface area contributed by atoms with Crippen LogP contribution in [-0.2, 0) is 5.54 Å². The van der Waals surface area contributed by atoms with Crippen molar-refractivity contribution in [3.8, 4) is 24.3 Å². The number of rotatable bonds is 7. The lowest BCUT2D eigenvalue weighted by molar-refractivity contribution is 0.443. The molecule has 1 fully saturated rings. The Labute approximate surface area is 242 Å². The molecule has 0 saturated heterocycles. The quantitative estimate of drug-likeness (QED) is 0.285. The average Bonchev–Trinajstić information content (AvgIpc) is 3.61. The van der Waals surface area contributed by atoms with E-state index in [2.05, 4.69) is 71.0 Å². The number of anilines is 2. The van der Waals surface area contributed by atoms with Crippen molar-refractivity contribution in [3.05, 3.63) is 75.7 Å². The van der Waals surface area contributed by atoms with Crippen LogP contribution >= 0.6 is 11.6 Å². The predicted molar refractivity (Wildman–Crippen MR) is 154 cm³/mol. The van der Waals surface area contributed by atoms with Crippen LogP contribution in [0.15, 0.2) is 42.7 Å². The van der Waals surface area contributed by atoms with Gasteiger partial charge in [-0.3, -0.25) is 4.98 Å². The van der Waals surface area contributed by atoms with Crippen molar-refractivity contribution in [3.63, 3.8) is 0 Å². The summed E-state index contributed by atoms with van der Waals surface area (Å²) in [6.45, 7) is 6.83. The Kier molecular flexibility index (Phi) is 6.97. The maximum Gasteiger partial charge on any atom is 0.150 e. The highest BCUT2D eigenvalue weighted by Gasteiger charge is 2.47. The SMILES string of the molecule is CC(C)(C)CNc1c(C#N)cnc2c(C#N)cc(N[C@H](c3cn(C4(C#N)CC4)nn3)c3cccc(C#N)c3Cl)cc12. The second kappa shape index (κ2) is 10.4. The van der Waals surface area contributed by atoms with E-state index in [0.29, 0.717) is 69.6 Å². The van der Waals surface area contributed by atoms with Gasteiger partial charge in [0.2, 0.25) is 0 Å². The standard InChI is InChI=1S/C30H25ClN10/c1-29(2,3)17-37-27-20(13-34)14-36-26-19(12-33)9-21(10-23(26)27)38-28(22-6-4-5-18(11-32)25(22)31)24-15-41(40-39-24)30(16-35)7-8-30/h4-6,9-10,14-15,28,38H,7-8,17H2,1-3H3,(H,36,37)/t28-/m0/s1. The zero-order chi connectivity index (χ0) is 29.4. The van der Waals surface area contributed by atoms with Crippen molar-refractivity contribution >= 4 is 33.9 Å². The number of fused-ring (bicyclic) bond motifs is 1. The van der Waals surface area contributed by atoms with Crippen LogP contribution in [0.5, 0.6) is 0 Å². The summed E-state index contributed by atoms with van der Waals surface area (Å²) in [5, 5.41) is 55.4. The Morgan fingerprint density at radius 1 is 1.05 bits per heavy atom. The van der Waals surface area contributed by atoms with Gasteiger partial charge in [0.1, 0.15) is 23.9 Å². The highest BCUT2D eigenvalue weighted by Crippen LogP contribution is 2.43. The van der Waals surface area contributed by atoms with E-state index in [1.807, 2.05) is 6.07 Å². The minimum absolute atomic E-state index is 0.0714. The molecule has 11 heteroatoms. The number of hydrogen-bond acceptors (Lipinski definition) is 9. The average molecular weight is 561 g/mol. The van der Waals surface area contributed by atoms with E-state index in [-0.39, 0.29) is 10.4 Å². The number of halogens is 1. The predicted octanol–water partition coefficient (Wildman–Crippen LogP) is 5.77. The van der Waals surface area contributed by atoms with Crippen LogP contribution < -0.4 is 10.6 Å². The molecule has 41 heavy (non-hydrogen) atoms. The molecule has 2 N–H and O–H groups in total. The Balaban J connectivity index is 1.66. The molecule has 0 aliphatic heterocycles. The third kappa shape index (κ3) is 5.22. The van der Waals surface area contributed by atoms with Gasteiger partial charge in [-0.25, -0.2) is 4.68 Å². The van der Waals surface area contributed by atoms with E-state index in [0.717, 1.165) is 0 Å². The number of benzene rings is 2. The molecule has 1 aliphatic carbocycles. The zero-order valence-corrected chi connectivity index (χ0v) is 23.5. The maximum absolute atomic E-state index is 10.0. The van der Waals surface area contributed by atoms with Gasteiger partial charge < -0.3 is 10.6 Å². The Bertz CT molecular complexity index is 1840. The molecule has 1 atom stereocenters. The molecule has 1 saturated carbocycles. The first kappa shape index (κ1) is 27.4. The minimum atomic E-state index is -0.710. The van der Waals surface area contributed by atoms with Gasteiger partial charge in [0.05, 0.1) is 51.2 Å². The van der Waals surface area contributed by atoms with E-state index in [1.54, 1.807) is 35.1 Å². The molecule has 2 heterocycles. The molecule has 10 nitrogen and oxygen atoms in total. The fourth-order valence-electron chi connectivity index (χ4n) is 4.57. The highest BCUT2D eigenvalue weighted by atomic mass is 35.5.